The van der Waals surface area contributed by atoms with Crippen molar-refractivity contribution < 1.29 is 14.2 Å². The summed E-state index contributed by atoms with van der Waals surface area (Å²) in [5, 5.41) is 23.7. The molecular formula is C98H107Cl4N9O3P2. The molecule has 0 bridgehead atoms. The number of para-hydroxylation sites is 2. The number of benzene rings is 11. The number of nitrogens with one attached hydrogen (secondary N) is 3. The topological polar surface area (TPSA) is 148 Å². The van der Waals surface area contributed by atoms with Gasteiger partial charge in [0.05, 0.1) is 47.4 Å². The van der Waals surface area contributed by atoms with E-state index in [1.807, 2.05) is 109 Å². The smallest absolute Gasteiger partial charge is 0.139 e. The third-order valence-electron chi connectivity index (χ3n) is 20.7. The lowest BCUT2D eigenvalue weighted by atomic mass is 9.76. The monoisotopic (exact) mass is 1660 g/mol. The molecule has 0 unspecified atom stereocenters. The van der Waals surface area contributed by atoms with Crippen LogP contribution in [0.25, 0.3) is 21.8 Å². The summed E-state index contributed by atoms with van der Waals surface area (Å²) < 4.78 is 18.5. The summed E-state index contributed by atoms with van der Waals surface area (Å²) in [4.78, 5) is 14.2. The number of rotatable bonds is 17. The number of pyridine rings is 2. The predicted octanol–water partition coefficient (Wildman–Crippen LogP) is 21.4. The first-order chi connectivity index (χ1) is 56.0. The summed E-state index contributed by atoms with van der Waals surface area (Å²) >= 11 is 23.5. The van der Waals surface area contributed by atoms with Crippen molar-refractivity contribution in [1.82, 2.24) is 20.6 Å². The lowest BCUT2D eigenvalue weighted by Gasteiger charge is -2.38. The summed E-state index contributed by atoms with van der Waals surface area (Å²) in [6.07, 6.45) is 4.47. The van der Waals surface area contributed by atoms with Gasteiger partial charge in [0.2, 0.25) is 0 Å². The zero-order chi connectivity index (χ0) is 81.9. The Morgan fingerprint density at radius 1 is 0.431 bits per heavy atom. The zero-order valence-electron chi connectivity index (χ0n) is 68.1. The predicted molar refractivity (Wildman–Crippen MR) is 498 cm³/mol. The van der Waals surface area contributed by atoms with Crippen LogP contribution < -0.4 is 83.3 Å². The standard InChI is InChI=1S/C39H32OP2.C26H33ClN4O.C19H26ClN3O.2C7H8ClN/c1-39(2)33-25-15-27-35(41(29-17-7-3-8-18-29)30-19-9-4-10-20-30)37(33)40-38-34(39)26-16-28-36(38)42(31-21-11-5-12-22-31)32-23-13-6-14-24-32;1-26(2,3)30-20-12-14-31(15-13-20)22-16-24(28-17-18-8-10-19(27)11-9-18)29-21-6-5-7-23(32-4)25(21)22;1-19(2,3)22-13-8-10-23(11-9-13)15-12-17(20)21-14-6-5-7-16(24-4)18(14)15;2*8-7-3-1-6(5-9)2-4-7/h3-28H,1-2H3;5-11,16,20,30H,12-15,17H2,1-4H3,(H,28,29);5-7,12-13,22H,8-11H2,1-4H3;2*1-4H,5,9H2. The number of aromatic nitrogens is 2. The molecule has 0 saturated carbocycles. The molecule has 116 heavy (non-hydrogen) atoms. The van der Waals surface area contributed by atoms with E-state index in [1.54, 1.807) is 14.2 Å². The molecule has 16 rings (SSSR count). The van der Waals surface area contributed by atoms with E-state index in [-0.39, 0.29) is 16.5 Å². The van der Waals surface area contributed by atoms with Gasteiger partial charge in [0.1, 0.15) is 34.0 Å². The molecule has 13 aromatic rings. The van der Waals surface area contributed by atoms with Crippen LogP contribution in [0.15, 0.2) is 279 Å². The van der Waals surface area contributed by atoms with Crippen molar-refractivity contribution >= 4 is 133 Å². The maximum absolute atomic E-state index is 7.26. The first kappa shape index (κ1) is 86.2. The molecule has 0 radical (unpaired) electrons. The van der Waals surface area contributed by atoms with Crippen molar-refractivity contribution in [1.29, 1.82) is 0 Å². The van der Waals surface area contributed by atoms with Gasteiger partial charge in [-0.2, -0.15) is 0 Å². The fourth-order valence-electron chi connectivity index (χ4n) is 15.2. The molecule has 3 aliphatic heterocycles. The first-order valence-electron chi connectivity index (χ1n) is 39.8. The van der Waals surface area contributed by atoms with Crippen LogP contribution in [-0.4, -0.2) is 73.5 Å². The van der Waals surface area contributed by atoms with Gasteiger partial charge in [-0.25, -0.2) is 9.97 Å². The number of piperidine rings is 2. The Labute approximate surface area is 709 Å². The van der Waals surface area contributed by atoms with E-state index in [9.17, 15) is 0 Å². The van der Waals surface area contributed by atoms with Crippen LogP contribution in [0.2, 0.25) is 20.2 Å². The summed E-state index contributed by atoms with van der Waals surface area (Å²) in [6.45, 7) is 23.9. The van der Waals surface area contributed by atoms with Crippen LogP contribution in [0.1, 0.15) is 109 Å². The highest BCUT2D eigenvalue weighted by atomic mass is 35.5. The van der Waals surface area contributed by atoms with Crippen LogP contribution in [0.4, 0.5) is 17.2 Å². The van der Waals surface area contributed by atoms with Gasteiger partial charge in [0, 0.05) is 117 Å². The molecule has 5 heterocycles. The lowest BCUT2D eigenvalue weighted by molar-refractivity contribution is 0.317. The van der Waals surface area contributed by atoms with Crippen LogP contribution in [0.5, 0.6) is 23.0 Å². The van der Waals surface area contributed by atoms with Gasteiger partial charge in [-0.15, -0.1) is 0 Å². The van der Waals surface area contributed by atoms with Crippen LogP contribution in [-0.2, 0) is 25.0 Å². The van der Waals surface area contributed by atoms with Crippen molar-refractivity contribution in [2.75, 3.05) is 55.5 Å². The quantitative estimate of drug-likeness (QED) is 0.0437. The summed E-state index contributed by atoms with van der Waals surface area (Å²) in [6, 6.07) is 97.3. The van der Waals surface area contributed by atoms with Crippen molar-refractivity contribution in [3.05, 3.63) is 327 Å². The highest BCUT2D eigenvalue weighted by Gasteiger charge is 2.40. The highest BCUT2D eigenvalue weighted by molar-refractivity contribution is 7.80. The molecular weight excluding hydrogens is 1550 g/mol. The van der Waals surface area contributed by atoms with Gasteiger partial charge in [0.15, 0.2) is 0 Å². The molecule has 600 valence electrons. The molecule has 2 aromatic heterocycles. The minimum absolute atomic E-state index is 0.137. The number of hydrogen-bond donors (Lipinski definition) is 5. The Morgan fingerprint density at radius 2 is 0.776 bits per heavy atom. The van der Waals surface area contributed by atoms with E-state index in [2.05, 4.69) is 256 Å². The second-order valence-corrected chi connectivity index (χ2v) is 37.8. The third kappa shape index (κ3) is 22.6. The number of halogens is 4. The maximum atomic E-state index is 7.26. The number of methoxy groups -OCH3 is 2. The third-order valence-corrected chi connectivity index (χ3v) is 26.5. The Balaban J connectivity index is 0.000000148. The van der Waals surface area contributed by atoms with Crippen LogP contribution in [0.3, 0.4) is 0 Å². The van der Waals surface area contributed by atoms with Gasteiger partial charge in [-0.1, -0.05) is 267 Å². The van der Waals surface area contributed by atoms with Crippen LogP contribution >= 0.6 is 62.2 Å². The van der Waals surface area contributed by atoms with Gasteiger partial charge in [-0.05, 0) is 188 Å². The van der Waals surface area contributed by atoms with Crippen molar-refractivity contribution in [3.8, 4) is 23.0 Å². The van der Waals surface area contributed by atoms with E-state index in [0.717, 1.165) is 140 Å². The molecule has 7 N–H and O–H groups in total. The second-order valence-electron chi connectivity index (χ2n) is 31.7. The lowest BCUT2D eigenvalue weighted by Crippen LogP contribution is -2.49. The second kappa shape index (κ2) is 40.4. The molecule has 11 aromatic carbocycles. The summed E-state index contributed by atoms with van der Waals surface area (Å²) in [7, 11) is 1.78. The molecule has 3 aliphatic rings. The largest absolute Gasteiger partial charge is 0.496 e. The Hall–Kier alpha value is -9.10. The fourth-order valence-corrected chi connectivity index (χ4v) is 20.5. The molecule has 0 aliphatic carbocycles. The zero-order valence-corrected chi connectivity index (χ0v) is 72.9. The average molecular weight is 1660 g/mol. The molecule has 18 heteroatoms. The van der Waals surface area contributed by atoms with Gasteiger partial charge < -0.3 is 51.4 Å². The minimum atomic E-state index is -0.824. The minimum Gasteiger partial charge on any atom is -0.496 e. The SMILES string of the molecule is CC1(C)c2cccc(P(c3ccccc3)c3ccccc3)c2Oc2c(P(c3ccccc3)c3ccccc3)cccc21.COc1cccc2nc(Cl)cc(N3CCC(NC(C)(C)C)CC3)c12.COc1cccc2nc(NCc3ccc(Cl)cc3)cc(N3CCC(NC(C)(C)C)CC3)c12.NCc1ccc(Cl)cc1.NCc1ccc(Cl)cc1. The number of nitrogens with zero attached hydrogens (tertiary/aromatic N) is 4. The summed E-state index contributed by atoms with van der Waals surface area (Å²) in [5.41, 5.74) is 20.8. The molecule has 0 amide bonds. The molecule has 2 saturated heterocycles. The number of fused-ring (bicyclic) bond motifs is 4. The van der Waals surface area contributed by atoms with E-state index < -0.39 is 15.8 Å². The number of anilines is 3. The fraction of sp³-hybridized carbons (Fsp3) is 0.265. The number of hydrogen-bond acceptors (Lipinski definition) is 12. The summed E-state index contributed by atoms with van der Waals surface area (Å²) in [5.74, 6) is 4.60. The first-order valence-corrected chi connectivity index (χ1v) is 44.0. The van der Waals surface area contributed by atoms with E-state index in [1.165, 1.54) is 48.6 Å². The van der Waals surface area contributed by atoms with Crippen molar-refractivity contribution in [2.45, 2.75) is 129 Å². The van der Waals surface area contributed by atoms with Gasteiger partial charge >= 0.3 is 0 Å². The van der Waals surface area contributed by atoms with Crippen molar-refractivity contribution in [2.24, 2.45) is 11.5 Å². The average Bonchev–Trinajstić information content (AvgIpc) is 0.724. The molecule has 12 nitrogen and oxygen atoms in total. The van der Waals surface area contributed by atoms with Gasteiger partial charge in [0.25, 0.3) is 0 Å². The van der Waals surface area contributed by atoms with E-state index >= 15 is 0 Å². The number of ether oxygens (including phenoxy) is 3. The molecule has 0 spiro atoms. The van der Waals surface area contributed by atoms with Crippen LogP contribution in [0, 0.1) is 0 Å². The van der Waals surface area contributed by atoms with E-state index in [4.69, 9.17) is 77.1 Å². The Kier molecular flexibility index (Phi) is 30.0. The number of nitrogens with two attached hydrogens (primary N) is 2. The van der Waals surface area contributed by atoms with E-state index in [0.29, 0.717) is 36.9 Å². The maximum Gasteiger partial charge on any atom is 0.139 e. The van der Waals surface area contributed by atoms with Gasteiger partial charge in [-0.3, -0.25) is 0 Å². The molecule has 2 fully saturated rings. The highest BCUT2D eigenvalue weighted by Crippen LogP contribution is 2.53. The Morgan fingerprint density at radius 3 is 1.13 bits per heavy atom. The normalized spacial score (nSPS) is 13.9. The Bertz CT molecular complexity index is 5040. The molecule has 0 atom stereocenters. The van der Waals surface area contributed by atoms with Crippen molar-refractivity contribution in [3.63, 3.8) is 0 Å².